The summed E-state index contributed by atoms with van der Waals surface area (Å²) in [6.07, 6.45) is 0.788. The van der Waals surface area contributed by atoms with Gasteiger partial charge >= 0.3 is 5.97 Å². The molecule has 2 aromatic rings. The van der Waals surface area contributed by atoms with E-state index < -0.39 is 22.1 Å². The van der Waals surface area contributed by atoms with E-state index in [0.29, 0.717) is 11.3 Å². The van der Waals surface area contributed by atoms with E-state index in [-0.39, 0.29) is 22.8 Å². The largest absolute Gasteiger partial charge is 0.483 e. The molecule has 3 rings (SSSR count). The molecule has 1 aliphatic rings. The molecule has 0 fully saturated rings. The first-order chi connectivity index (χ1) is 13.9. The second kappa shape index (κ2) is 9.05. The highest BCUT2D eigenvalue weighted by atomic mass is 32.2. The smallest absolute Gasteiger partial charge is 0.343 e. The number of esters is 1. The number of hydrogen-bond acceptors (Lipinski definition) is 5. The number of benzene rings is 2. The maximum absolute atomic E-state index is 12.9. The van der Waals surface area contributed by atoms with Gasteiger partial charge in [-0.1, -0.05) is 61.9 Å². The lowest BCUT2D eigenvalue weighted by atomic mass is 10.0. The summed E-state index contributed by atoms with van der Waals surface area (Å²) in [7, 11) is -4.03. The molecule has 7 heteroatoms. The van der Waals surface area contributed by atoms with Crippen LogP contribution in [0.3, 0.4) is 0 Å². The molecule has 1 unspecified atom stereocenters. The predicted molar refractivity (Wildman–Crippen MR) is 110 cm³/mol. The number of ether oxygens (including phenoxy) is 2. The van der Waals surface area contributed by atoms with E-state index in [2.05, 4.69) is 4.40 Å². The van der Waals surface area contributed by atoms with E-state index in [4.69, 9.17) is 9.47 Å². The second-order valence-corrected chi connectivity index (χ2v) is 8.20. The van der Waals surface area contributed by atoms with Crippen LogP contribution in [0.15, 0.2) is 81.3 Å². The van der Waals surface area contributed by atoms with Gasteiger partial charge in [0.25, 0.3) is 10.0 Å². The van der Waals surface area contributed by atoms with Crippen molar-refractivity contribution in [1.82, 2.24) is 0 Å². The number of hydrogen-bond donors (Lipinski definition) is 0. The Morgan fingerprint density at radius 2 is 1.69 bits per heavy atom. The summed E-state index contributed by atoms with van der Waals surface area (Å²) in [5, 5.41) is 0. The minimum Gasteiger partial charge on any atom is -0.483 e. The summed E-state index contributed by atoms with van der Waals surface area (Å²) < 4.78 is 41.0. The lowest BCUT2D eigenvalue weighted by molar-refractivity contribution is -0.138. The third kappa shape index (κ3) is 4.74. The minimum atomic E-state index is -4.03. The Balaban J connectivity index is 2.05. The van der Waals surface area contributed by atoms with Gasteiger partial charge in [0.15, 0.2) is 6.10 Å². The Bertz CT molecular complexity index is 1030. The number of rotatable bonds is 7. The fraction of sp³-hybridized carbons (Fsp3) is 0.273. The molecule has 0 spiro atoms. The normalized spacial score (nSPS) is 18.0. The van der Waals surface area contributed by atoms with E-state index in [9.17, 15) is 13.2 Å². The highest BCUT2D eigenvalue weighted by Crippen LogP contribution is 2.35. The van der Waals surface area contributed by atoms with Crippen molar-refractivity contribution in [3.05, 3.63) is 77.6 Å². The number of carbonyl (C=O) groups is 1. The number of carbonyl (C=O) groups excluding carboxylic acids is 1. The van der Waals surface area contributed by atoms with Gasteiger partial charge < -0.3 is 9.47 Å². The van der Waals surface area contributed by atoms with Crippen molar-refractivity contribution in [3.8, 4) is 0 Å². The average molecular weight is 413 g/mol. The molecule has 0 radical (unpaired) electrons. The van der Waals surface area contributed by atoms with Crippen molar-refractivity contribution in [3.63, 3.8) is 0 Å². The van der Waals surface area contributed by atoms with Crippen LogP contribution in [0.4, 0.5) is 0 Å². The molecule has 0 N–H and O–H groups in total. The van der Waals surface area contributed by atoms with E-state index >= 15 is 0 Å². The van der Waals surface area contributed by atoms with Gasteiger partial charge in [0.1, 0.15) is 17.0 Å². The Morgan fingerprint density at radius 1 is 1.07 bits per heavy atom. The first-order valence-corrected chi connectivity index (χ1v) is 10.9. The fourth-order valence-electron chi connectivity index (χ4n) is 2.95. The van der Waals surface area contributed by atoms with Crippen LogP contribution in [-0.2, 0) is 24.3 Å². The third-order valence-corrected chi connectivity index (χ3v) is 5.75. The first-order valence-electron chi connectivity index (χ1n) is 9.44. The predicted octanol–water partition coefficient (Wildman–Crippen LogP) is 4.21. The molecule has 0 bridgehead atoms. The number of allylic oxidation sites excluding steroid dienone is 1. The van der Waals surface area contributed by atoms with Gasteiger partial charge in [0, 0.05) is 0 Å². The lowest BCUT2D eigenvalue weighted by Gasteiger charge is -2.14. The fourth-order valence-corrected chi connectivity index (χ4v) is 4.01. The third-order valence-electron chi connectivity index (χ3n) is 4.45. The van der Waals surface area contributed by atoms with Crippen LogP contribution in [-0.4, -0.2) is 26.7 Å². The molecule has 2 aromatic carbocycles. The highest BCUT2D eigenvalue weighted by molar-refractivity contribution is 7.90. The molecular formula is C22H23NO5S. The van der Waals surface area contributed by atoms with E-state index in [1.54, 1.807) is 37.3 Å². The highest BCUT2D eigenvalue weighted by Gasteiger charge is 2.38. The Labute approximate surface area is 170 Å². The summed E-state index contributed by atoms with van der Waals surface area (Å²) in [5.74, 6) is -0.334. The lowest BCUT2D eigenvalue weighted by Crippen LogP contribution is -2.20. The van der Waals surface area contributed by atoms with Crippen molar-refractivity contribution >= 4 is 21.7 Å². The van der Waals surface area contributed by atoms with E-state index in [1.165, 1.54) is 12.1 Å². The van der Waals surface area contributed by atoms with Crippen molar-refractivity contribution in [2.75, 3.05) is 6.61 Å². The monoisotopic (exact) mass is 413 g/mol. The molecule has 1 atom stereocenters. The molecule has 0 saturated carbocycles. The van der Waals surface area contributed by atoms with Gasteiger partial charge in [-0.05, 0) is 31.0 Å². The summed E-state index contributed by atoms with van der Waals surface area (Å²) in [5.41, 5.74) is 0.804. The standard InChI is InChI=1S/C22H23NO5S/c1-3-4-15-27-22(24)19-16(2)28-21(17-11-7-5-8-12-17)20(19)23-29(25,26)18-13-9-6-10-14-18/h5-14,21H,3-4,15H2,1-2H3/b23-20+. The zero-order valence-corrected chi connectivity index (χ0v) is 17.2. The van der Waals surface area contributed by atoms with Crippen molar-refractivity contribution in [2.45, 2.75) is 37.7 Å². The van der Waals surface area contributed by atoms with Crippen LogP contribution in [0.25, 0.3) is 0 Å². The average Bonchev–Trinajstić information content (AvgIpc) is 3.04. The van der Waals surface area contributed by atoms with Crippen LogP contribution >= 0.6 is 0 Å². The van der Waals surface area contributed by atoms with Gasteiger partial charge in [-0.2, -0.15) is 12.8 Å². The molecule has 0 aliphatic carbocycles. The summed E-state index contributed by atoms with van der Waals surface area (Å²) in [6.45, 7) is 3.85. The van der Waals surface area contributed by atoms with Gasteiger partial charge in [0.05, 0.1) is 11.5 Å². The minimum absolute atomic E-state index is 0.0408. The van der Waals surface area contributed by atoms with Gasteiger partial charge in [0.2, 0.25) is 0 Å². The summed E-state index contributed by atoms with van der Waals surface area (Å²) >= 11 is 0. The van der Waals surface area contributed by atoms with Crippen LogP contribution in [0.1, 0.15) is 38.4 Å². The van der Waals surface area contributed by atoms with Crippen molar-refractivity contribution < 1.29 is 22.7 Å². The quantitative estimate of drug-likeness (QED) is 0.502. The summed E-state index contributed by atoms with van der Waals surface area (Å²) in [6, 6.07) is 17.0. The Hall–Kier alpha value is -2.93. The molecule has 6 nitrogen and oxygen atoms in total. The van der Waals surface area contributed by atoms with E-state index in [0.717, 1.165) is 12.8 Å². The van der Waals surface area contributed by atoms with Gasteiger partial charge in [-0.15, -0.1) is 0 Å². The number of unbranched alkanes of at least 4 members (excludes halogenated alkanes) is 1. The van der Waals surface area contributed by atoms with Crippen LogP contribution in [0, 0.1) is 0 Å². The summed E-state index contributed by atoms with van der Waals surface area (Å²) in [4.78, 5) is 12.7. The molecular weight excluding hydrogens is 390 g/mol. The van der Waals surface area contributed by atoms with Crippen LogP contribution in [0.2, 0.25) is 0 Å². The molecule has 0 aromatic heterocycles. The second-order valence-electron chi connectivity index (χ2n) is 6.59. The molecule has 152 valence electrons. The first kappa shape index (κ1) is 20.8. The molecule has 1 heterocycles. The van der Waals surface area contributed by atoms with Crippen LogP contribution in [0.5, 0.6) is 0 Å². The van der Waals surface area contributed by atoms with Crippen molar-refractivity contribution in [2.24, 2.45) is 4.40 Å². The Morgan fingerprint density at radius 3 is 2.31 bits per heavy atom. The Kier molecular flexibility index (Phi) is 6.49. The number of sulfonamides is 1. The van der Waals surface area contributed by atoms with Gasteiger partial charge in [-0.3, -0.25) is 0 Å². The molecule has 0 saturated heterocycles. The SMILES string of the molecule is CCCCOC(=O)C1=C(C)OC(c2ccccc2)/C1=N/S(=O)(=O)c1ccccc1. The topological polar surface area (TPSA) is 82.0 Å². The van der Waals surface area contributed by atoms with E-state index in [1.807, 2.05) is 25.1 Å². The molecule has 1 aliphatic heterocycles. The zero-order chi connectivity index (χ0) is 20.9. The van der Waals surface area contributed by atoms with Crippen LogP contribution < -0.4 is 0 Å². The zero-order valence-electron chi connectivity index (χ0n) is 16.4. The number of nitrogens with zero attached hydrogens (tertiary/aromatic N) is 1. The molecule has 0 amide bonds. The molecule has 29 heavy (non-hydrogen) atoms. The van der Waals surface area contributed by atoms with Crippen molar-refractivity contribution in [1.29, 1.82) is 0 Å². The maximum Gasteiger partial charge on any atom is 0.343 e. The van der Waals surface area contributed by atoms with Gasteiger partial charge in [-0.25, -0.2) is 4.79 Å². The maximum atomic E-state index is 12.9.